The summed E-state index contributed by atoms with van der Waals surface area (Å²) < 4.78 is 16.1. The molecule has 1 N–H and O–H groups in total. The molecule has 4 rings (SSSR count). The van der Waals surface area contributed by atoms with Crippen LogP contribution >= 0.6 is 0 Å². The van der Waals surface area contributed by atoms with E-state index in [1.807, 2.05) is 6.92 Å². The van der Waals surface area contributed by atoms with Gasteiger partial charge in [-0.25, -0.2) is 9.69 Å². The largest absolute Gasteiger partial charge is 0.494 e. The molecule has 176 valence electrons. The average molecular weight is 466 g/mol. The van der Waals surface area contributed by atoms with E-state index in [4.69, 9.17) is 19.3 Å². The van der Waals surface area contributed by atoms with Gasteiger partial charge in [0.15, 0.2) is 11.5 Å². The van der Waals surface area contributed by atoms with Gasteiger partial charge in [-0.15, -0.1) is 0 Å². The Kier molecular flexibility index (Phi) is 6.48. The summed E-state index contributed by atoms with van der Waals surface area (Å²) in [6.07, 6.45) is 1.33. The topological polar surface area (TPSA) is 123 Å². The molecule has 2 heterocycles. The lowest BCUT2D eigenvalue weighted by Crippen LogP contribution is -2.44. The third-order valence-electron chi connectivity index (χ3n) is 5.35. The number of amides is 3. The number of rotatable bonds is 8. The first-order valence-electron chi connectivity index (χ1n) is 10.6. The third-order valence-corrected chi connectivity index (χ3v) is 5.35. The Morgan fingerprint density at radius 3 is 2.56 bits per heavy atom. The van der Waals surface area contributed by atoms with Gasteiger partial charge in [0.2, 0.25) is 18.6 Å². The summed E-state index contributed by atoms with van der Waals surface area (Å²) in [5.74, 6) is -1.41. The van der Waals surface area contributed by atoms with Gasteiger partial charge >= 0.3 is 5.97 Å². The fourth-order valence-corrected chi connectivity index (χ4v) is 3.80. The molecule has 0 radical (unpaired) electrons. The van der Waals surface area contributed by atoms with E-state index in [0.717, 1.165) is 11.0 Å². The second-order valence-corrected chi connectivity index (χ2v) is 7.54. The predicted octanol–water partition coefficient (Wildman–Crippen LogP) is 2.12. The van der Waals surface area contributed by atoms with E-state index in [1.54, 1.807) is 42.5 Å². The van der Waals surface area contributed by atoms with Crippen LogP contribution in [0.4, 0.5) is 5.69 Å². The monoisotopic (exact) mass is 466 g/mol. The highest BCUT2D eigenvalue weighted by atomic mass is 16.7. The molecule has 10 heteroatoms. The number of carboxylic acid groups (broad SMARTS) is 1. The van der Waals surface area contributed by atoms with Gasteiger partial charge in [-0.3, -0.25) is 14.4 Å². The number of ether oxygens (including phenoxy) is 3. The Bertz CT molecular complexity index is 1160. The molecule has 34 heavy (non-hydrogen) atoms. The summed E-state index contributed by atoms with van der Waals surface area (Å²) in [4.78, 5) is 52.1. The number of anilines is 1. The molecule has 0 aliphatic carbocycles. The van der Waals surface area contributed by atoms with Crippen LogP contribution < -0.4 is 19.1 Å². The van der Waals surface area contributed by atoms with Gasteiger partial charge in [0.05, 0.1) is 18.7 Å². The maximum atomic E-state index is 13.3. The Morgan fingerprint density at radius 1 is 1.12 bits per heavy atom. The van der Waals surface area contributed by atoms with Crippen LogP contribution in [0.5, 0.6) is 17.2 Å². The Labute approximate surface area is 194 Å². The van der Waals surface area contributed by atoms with Gasteiger partial charge < -0.3 is 24.2 Å². The highest BCUT2D eigenvalue weighted by Crippen LogP contribution is 2.34. The van der Waals surface area contributed by atoms with E-state index in [2.05, 4.69) is 0 Å². The molecule has 2 aliphatic rings. The van der Waals surface area contributed by atoms with Crippen LogP contribution in [0, 0.1) is 0 Å². The van der Waals surface area contributed by atoms with Crippen LogP contribution in [-0.4, -0.2) is 53.1 Å². The Hall–Kier alpha value is -4.34. The Morgan fingerprint density at radius 2 is 1.85 bits per heavy atom. The van der Waals surface area contributed by atoms with E-state index >= 15 is 0 Å². The number of benzene rings is 2. The van der Waals surface area contributed by atoms with Crippen molar-refractivity contribution in [2.75, 3.05) is 18.3 Å². The lowest BCUT2D eigenvalue weighted by molar-refractivity contribution is -0.135. The second kappa shape index (κ2) is 9.65. The highest BCUT2D eigenvalue weighted by Gasteiger charge is 2.44. The van der Waals surface area contributed by atoms with Gasteiger partial charge in [-0.1, -0.05) is 6.07 Å². The molecule has 0 bridgehead atoms. The molecule has 1 atom stereocenters. The molecule has 2 aromatic rings. The number of fused-ring (bicyclic) bond motifs is 1. The number of nitrogens with zero attached hydrogens (tertiary/aromatic N) is 2. The van der Waals surface area contributed by atoms with E-state index in [0.29, 0.717) is 41.2 Å². The second-order valence-electron chi connectivity index (χ2n) is 7.54. The molecule has 0 spiro atoms. The van der Waals surface area contributed by atoms with Crippen LogP contribution in [0.1, 0.15) is 18.9 Å². The molecule has 0 unspecified atom stereocenters. The van der Waals surface area contributed by atoms with Crippen LogP contribution in [0.25, 0.3) is 0 Å². The van der Waals surface area contributed by atoms with Gasteiger partial charge in [0.25, 0.3) is 5.91 Å². The highest BCUT2D eigenvalue weighted by molar-refractivity contribution is 6.23. The normalized spacial score (nSPS) is 16.9. The fourth-order valence-electron chi connectivity index (χ4n) is 3.80. The van der Waals surface area contributed by atoms with Gasteiger partial charge in [0.1, 0.15) is 11.8 Å². The van der Waals surface area contributed by atoms with Crippen molar-refractivity contribution in [2.45, 2.75) is 25.9 Å². The number of hydrogen-bond donors (Lipinski definition) is 1. The van der Waals surface area contributed by atoms with Gasteiger partial charge in [0, 0.05) is 18.7 Å². The summed E-state index contributed by atoms with van der Waals surface area (Å²) in [7, 11) is 0. The molecule has 0 aromatic heterocycles. The first kappa shape index (κ1) is 22.8. The van der Waals surface area contributed by atoms with E-state index in [9.17, 15) is 19.2 Å². The zero-order chi connectivity index (χ0) is 24.2. The van der Waals surface area contributed by atoms with E-state index in [-0.39, 0.29) is 19.8 Å². The summed E-state index contributed by atoms with van der Waals surface area (Å²) in [6, 6.07) is 10.5. The van der Waals surface area contributed by atoms with Crippen molar-refractivity contribution in [3.63, 3.8) is 0 Å². The zero-order valence-electron chi connectivity index (χ0n) is 18.3. The number of carboxylic acids is 1. The number of hydrogen-bond acceptors (Lipinski definition) is 7. The van der Waals surface area contributed by atoms with Gasteiger partial charge in [-0.05, 0) is 48.9 Å². The van der Waals surface area contributed by atoms with Crippen LogP contribution in [0.15, 0.2) is 54.6 Å². The smallest absolute Gasteiger partial charge is 0.328 e. The molecule has 1 saturated heterocycles. The average Bonchev–Trinajstić information content (AvgIpc) is 3.40. The SMILES string of the molecule is CCOc1ccc(N2C(=O)C[C@@H](N(Cc3ccc4c(c3)OCO4)C(=O)/C=C/C(=O)O)C2=O)cc1. The van der Waals surface area contributed by atoms with Crippen molar-refractivity contribution >= 4 is 29.4 Å². The maximum absolute atomic E-state index is 13.3. The molecular weight excluding hydrogens is 444 g/mol. The molecular formula is C24H22N2O8. The van der Waals surface area contributed by atoms with Crippen molar-refractivity contribution in [1.29, 1.82) is 0 Å². The van der Waals surface area contributed by atoms with Gasteiger partial charge in [-0.2, -0.15) is 0 Å². The standard InChI is InChI=1S/C24H22N2O8/c1-2-32-17-6-4-16(5-7-17)26-22(28)12-18(24(26)31)25(21(27)9-10-23(29)30)13-15-3-8-19-20(11-15)34-14-33-19/h3-11,18H,2,12-14H2,1H3,(H,29,30)/b10-9+/t18-/m1/s1. The number of carbonyl (C=O) groups excluding carboxylic acids is 3. The van der Waals surface area contributed by atoms with Crippen molar-refractivity contribution in [3.05, 3.63) is 60.2 Å². The number of carbonyl (C=O) groups is 4. The van der Waals surface area contributed by atoms with E-state index in [1.165, 1.54) is 4.90 Å². The molecule has 3 amide bonds. The quantitative estimate of drug-likeness (QED) is 0.464. The minimum absolute atomic E-state index is 0.0414. The van der Waals surface area contributed by atoms with Crippen LogP contribution in [-0.2, 0) is 25.7 Å². The van der Waals surface area contributed by atoms with E-state index < -0.39 is 29.7 Å². The Balaban J connectivity index is 1.61. The lowest BCUT2D eigenvalue weighted by atomic mass is 10.1. The maximum Gasteiger partial charge on any atom is 0.328 e. The van der Waals surface area contributed by atoms with Crippen molar-refractivity contribution in [3.8, 4) is 17.2 Å². The molecule has 0 saturated carbocycles. The summed E-state index contributed by atoms with van der Waals surface area (Å²) in [5, 5.41) is 8.92. The first-order chi connectivity index (χ1) is 16.4. The molecule has 10 nitrogen and oxygen atoms in total. The number of aliphatic carboxylic acids is 1. The van der Waals surface area contributed by atoms with Crippen molar-refractivity contribution < 1.29 is 38.5 Å². The first-order valence-corrected chi connectivity index (χ1v) is 10.6. The predicted molar refractivity (Wildman–Crippen MR) is 118 cm³/mol. The number of imide groups is 1. The minimum atomic E-state index is -1.30. The minimum Gasteiger partial charge on any atom is -0.494 e. The van der Waals surface area contributed by atoms with Crippen LogP contribution in [0.3, 0.4) is 0 Å². The summed E-state index contributed by atoms with van der Waals surface area (Å²) in [6.45, 7) is 2.36. The van der Waals surface area contributed by atoms with Crippen LogP contribution in [0.2, 0.25) is 0 Å². The lowest BCUT2D eigenvalue weighted by Gasteiger charge is -2.27. The summed E-state index contributed by atoms with van der Waals surface area (Å²) >= 11 is 0. The third kappa shape index (κ3) is 4.70. The zero-order valence-corrected chi connectivity index (χ0v) is 18.3. The summed E-state index contributed by atoms with van der Waals surface area (Å²) in [5.41, 5.74) is 0.985. The molecule has 2 aromatic carbocycles. The fraction of sp³-hybridized carbons (Fsp3) is 0.250. The molecule has 2 aliphatic heterocycles. The molecule has 1 fully saturated rings. The van der Waals surface area contributed by atoms with Crippen molar-refractivity contribution in [2.24, 2.45) is 0 Å². The van der Waals surface area contributed by atoms with Crippen molar-refractivity contribution in [1.82, 2.24) is 4.90 Å².